The maximum absolute atomic E-state index is 3.09. The van der Waals surface area contributed by atoms with Gasteiger partial charge in [0.25, 0.3) is 0 Å². The summed E-state index contributed by atoms with van der Waals surface area (Å²) < 4.78 is 0. The molecule has 2 aliphatic rings. The van der Waals surface area contributed by atoms with E-state index in [1.165, 1.54) is 31.7 Å². The fourth-order valence-corrected chi connectivity index (χ4v) is 3.06. The van der Waals surface area contributed by atoms with Crippen LogP contribution in [0, 0.1) is 12.0 Å². The highest BCUT2D eigenvalue weighted by atomic mass is 15.3. The Morgan fingerprint density at radius 2 is 2.07 bits per heavy atom. The van der Waals surface area contributed by atoms with Crippen molar-refractivity contribution in [3.63, 3.8) is 0 Å². The first kappa shape index (κ1) is 9.22. The summed E-state index contributed by atoms with van der Waals surface area (Å²) in [4.78, 5) is 5.03. The monoisotopic (exact) mass is 201 g/mol. The molecule has 2 saturated heterocycles. The number of anilines is 1. The molecule has 2 aliphatic heterocycles. The molecule has 0 aromatic heterocycles. The molecule has 0 bridgehead atoms. The molecule has 1 radical (unpaired) electrons. The van der Waals surface area contributed by atoms with Crippen molar-refractivity contribution in [1.29, 1.82) is 0 Å². The number of rotatable bonds is 1. The second kappa shape index (κ2) is 3.53. The van der Waals surface area contributed by atoms with Crippen LogP contribution in [0.4, 0.5) is 5.69 Å². The smallest absolute Gasteiger partial charge is 0.0457 e. The van der Waals surface area contributed by atoms with Crippen molar-refractivity contribution in [2.45, 2.75) is 12.5 Å². The van der Waals surface area contributed by atoms with Crippen molar-refractivity contribution in [3.05, 3.63) is 30.3 Å². The van der Waals surface area contributed by atoms with Crippen LogP contribution in [0.3, 0.4) is 0 Å². The van der Waals surface area contributed by atoms with Gasteiger partial charge in [0.1, 0.15) is 0 Å². The average molecular weight is 201 g/mol. The van der Waals surface area contributed by atoms with Crippen LogP contribution < -0.4 is 4.90 Å². The number of benzene rings is 1. The first-order chi connectivity index (χ1) is 7.34. The number of hydrogen-bond acceptors (Lipinski definition) is 2. The summed E-state index contributed by atoms with van der Waals surface area (Å²) in [6.07, 6.45) is 1.35. The van der Waals surface area contributed by atoms with Crippen LogP contribution >= 0.6 is 0 Å². The molecule has 0 amide bonds. The summed E-state index contributed by atoms with van der Waals surface area (Å²) in [5.41, 5.74) is 1.37. The molecule has 3 rings (SSSR count). The highest BCUT2D eigenvalue weighted by Crippen LogP contribution is 2.34. The molecule has 2 heteroatoms. The lowest BCUT2D eigenvalue weighted by atomic mass is 10.1. The fraction of sp³-hybridized carbons (Fsp3) is 0.538. The van der Waals surface area contributed by atoms with E-state index in [1.54, 1.807) is 0 Å². The highest BCUT2D eigenvalue weighted by molar-refractivity contribution is 5.48. The molecule has 0 saturated carbocycles. The maximum atomic E-state index is 3.09. The van der Waals surface area contributed by atoms with Crippen molar-refractivity contribution in [1.82, 2.24) is 4.90 Å². The first-order valence-electron chi connectivity index (χ1n) is 5.76. The Bertz CT molecular complexity index is 336. The summed E-state index contributed by atoms with van der Waals surface area (Å²) in [6.45, 7) is 3.73. The minimum Gasteiger partial charge on any atom is -0.367 e. The third-order valence-corrected chi connectivity index (χ3v) is 3.76. The molecule has 0 spiro atoms. The zero-order chi connectivity index (χ0) is 10.3. The van der Waals surface area contributed by atoms with Crippen LogP contribution in [-0.2, 0) is 0 Å². The molecule has 1 aromatic rings. The van der Waals surface area contributed by atoms with Gasteiger partial charge in [-0.2, -0.15) is 0 Å². The normalized spacial score (nSPS) is 30.9. The Labute approximate surface area is 91.5 Å². The number of nitrogens with zero attached hydrogens (tertiary/aromatic N) is 2. The van der Waals surface area contributed by atoms with Gasteiger partial charge in [0.2, 0.25) is 0 Å². The minimum absolute atomic E-state index is 0.748. The van der Waals surface area contributed by atoms with E-state index in [4.69, 9.17) is 0 Å². The van der Waals surface area contributed by atoms with Gasteiger partial charge in [-0.05, 0) is 37.6 Å². The molecule has 2 nitrogen and oxygen atoms in total. The summed E-state index contributed by atoms with van der Waals surface area (Å²) in [7, 11) is 2.23. The van der Waals surface area contributed by atoms with Crippen molar-refractivity contribution >= 4 is 5.69 Å². The first-order valence-corrected chi connectivity index (χ1v) is 5.76. The quantitative estimate of drug-likeness (QED) is 0.681. The van der Waals surface area contributed by atoms with Crippen LogP contribution in [0.15, 0.2) is 24.3 Å². The summed E-state index contributed by atoms with van der Waals surface area (Å²) in [5.74, 6) is 0.888. The summed E-state index contributed by atoms with van der Waals surface area (Å²) in [5, 5.41) is 0. The van der Waals surface area contributed by atoms with Gasteiger partial charge in [-0.15, -0.1) is 0 Å². The zero-order valence-corrected chi connectivity index (χ0v) is 9.19. The van der Waals surface area contributed by atoms with Gasteiger partial charge < -0.3 is 9.80 Å². The summed E-state index contributed by atoms with van der Waals surface area (Å²) >= 11 is 0. The highest BCUT2D eigenvalue weighted by Gasteiger charge is 2.39. The van der Waals surface area contributed by atoms with E-state index in [0.29, 0.717) is 0 Å². The number of likely N-dealkylation sites (N-methyl/N-ethyl adjacent to an activating group) is 1. The van der Waals surface area contributed by atoms with Crippen LogP contribution in [0.5, 0.6) is 0 Å². The van der Waals surface area contributed by atoms with Gasteiger partial charge in [0, 0.05) is 31.4 Å². The van der Waals surface area contributed by atoms with Crippen molar-refractivity contribution in [2.75, 3.05) is 31.6 Å². The molecular formula is C13H17N2. The van der Waals surface area contributed by atoms with Crippen LogP contribution in [-0.4, -0.2) is 37.6 Å². The molecule has 0 aliphatic carbocycles. The Balaban J connectivity index is 1.84. The van der Waals surface area contributed by atoms with Crippen molar-refractivity contribution in [2.24, 2.45) is 5.92 Å². The Kier molecular flexibility index (Phi) is 2.17. The molecule has 2 unspecified atom stereocenters. The van der Waals surface area contributed by atoms with Gasteiger partial charge in [0.05, 0.1) is 0 Å². The molecular weight excluding hydrogens is 184 g/mol. The van der Waals surface area contributed by atoms with Gasteiger partial charge in [-0.25, -0.2) is 0 Å². The molecule has 0 N–H and O–H groups in total. The third kappa shape index (κ3) is 1.53. The van der Waals surface area contributed by atoms with E-state index in [0.717, 1.165) is 12.0 Å². The Morgan fingerprint density at radius 1 is 1.27 bits per heavy atom. The second-order valence-corrected chi connectivity index (χ2v) is 4.79. The summed E-state index contributed by atoms with van der Waals surface area (Å²) in [6, 6.07) is 12.2. The lowest BCUT2D eigenvalue weighted by Crippen LogP contribution is -2.34. The maximum Gasteiger partial charge on any atom is 0.0457 e. The number of fused-ring (bicyclic) bond motifs is 1. The van der Waals surface area contributed by atoms with E-state index in [1.807, 2.05) is 12.1 Å². The van der Waals surface area contributed by atoms with Gasteiger partial charge in [0.15, 0.2) is 0 Å². The standard InChI is InChI=1S/C13H17N2/c1-14-9-11-7-8-15(13(11)10-14)12-5-3-2-4-6-12/h3-6,11,13H,7-10H2,1H3. The average Bonchev–Trinajstić information content (AvgIpc) is 2.77. The lowest BCUT2D eigenvalue weighted by Gasteiger charge is -2.26. The third-order valence-electron chi connectivity index (χ3n) is 3.76. The SMILES string of the molecule is CN1CC2CCN(c3cc[c]cc3)C2C1. The Hall–Kier alpha value is -1.02. The predicted molar refractivity (Wildman–Crippen MR) is 62.0 cm³/mol. The van der Waals surface area contributed by atoms with E-state index in [-0.39, 0.29) is 0 Å². The molecule has 1 aromatic carbocycles. The minimum atomic E-state index is 0.748. The second-order valence-electron chi connectivity index (χ2n) is 4.79. The zero-order valence-electron chi connectivity index (χ0n) is 9.19. The molecule has 79 valence electrons. The number of hydrogen-bond donors (Lipinski definition) is 0. The number of likely N-dealkylation sites (tertiary alicyclic amines) is 1. The molecule has 15 heavy (non-hydrogen) atoms. The van der Waals surface area contributed by atoms with Crippen molar-refractivity contribution < 1.29 is 0 Å². The topological polar surface area (TPSA) is 6.48 Å². The van der Waals surface area contributed by atoms with Gasteiger partial charge in [-0.3, -0.25) is 0 Å². The van der Waals surface area contributed by atoms with E-state index >= 15 is 0 Å². The largest absolute Gasteiger partial charge is 0.367 e. The molecule has 2 fully saturated rings. The van der Waals surface area contributed by atoms with Crippen molar-refractivity contribution in [3.8, 4) is 0 Å². The Morgan fingerprint density at radius 3 is 2.87 bits per heavy atom. The van der Waals surface area contributed by atoms with Crippen LogP contribution in [0.2, 0.25) is 0 Å². The van der Waals surface area contributed by atoms with Gasteiger partial charge >= 0.3 is 0 Å². The molecule has 2 atom stereocenters. The van der Waals surface area contributed by atoms with E-state index in [9.17, 15) is 0 Å². The van der Waals surface area contributed by atoms with E-state index < -0.39 is 0 Å². The van der Waals surface area contributed by atoms with Crippen LogP contribution in [0.1, 0.15) is 6.42 Å². The van der Waals surface area contributed by atoms with Gasteiger partial charge in [-0.1, -0.05) is 12.1 Å². The van der Waals surface area contributed by atoms with Crippen LogP contribution in [0.25, 0.3) is 0 Å². The van der Waals surface area contributed by atoms with E-state index in [2.05, 4.69) is 35.0 Å². The predicted octanol–water partition coefficient (Wildman–Crippen LogP) is 1.63. The fourth-order valence-electron chi connectivity index (χ4n) is 3.06. The molecule has 2 heterocycles. The lowest BCUT2D eigenvalue weighted by molar-refractivity contribution is 0.386.